The first-order chi connectivity index (χ1) is 17.3. The molecule has 0 saturated heterocycles. The molecule has 1 amide bonds. The Hall–Kier alpha value is -4.32. The third kappa shape index (κ3) is 5.18. The van der Waals surface area contributed by atoms with Crippen molar-refractivity contribution in [1.82, 2.24) is 9.55 Å². The second-order valence-corrected chi connectivity index (χ2v) is 8.30. The summed E-state index contributed by atoms with van der Waals surface area (Å²) in [7, 11) is 0. The second kappa shape index (κ2) is 10.5. The van der Waals surface area contributed by atoms with E-state index in [4.69, 9.17) is 4.74 Å². The predicted molar refractivity (Wildman–Crippen MR) is 131 cm³/mol. The van der Waals surface area contributed by atoms with E-state index >= 15 is 0 Å². The zero-order chi connectivity index (χ0) is 25.8. The first kappa shape index (κ1) is 24.8. The van der Waals surface area contributed by atoms with Gasteiger partial charge in [0.05, 0.1) is 39.9 Å². The third-order valence-electron chi connectivity index (χ3n) is 4.98. The van der Waals surface area contributed by atoms with E-state index < -0.39 is 28.0 Å². The quantitative estimate of drug-likeness (QED) is 0.157. The number of nitro groups is 1. The Morgan fingerprint density at radius 3 is 2.67 bits per heavy atom. The summed E-state index contributed by atoms with van der Waals surface area (Å²) in [5.74, 6) is -2.45. The lowest BCUT2D eigenvalue weighted by Gasteiger charge is -2.14. The van der Waals surface area contributed by atoms with Gasteiger partial charge in [0.25, 0.3) is 11.2 Å². The number of ether oxygens (including phenoxy) is 1. The van der Waals surface area contributed by atoms with Crippen molar-refractivity contribution >= 4 is 39.9 Å². The molecule has 36 heavy (non-hydrogen) atoms. The smallest absolute Gasteiger partial charge is 0.296 e. The Labute approximate surface area is 206 Å². The molecule has 4 rings (SSSR count). The standard InChI is InChI=1S/C24H18F2N4O5S/c1-2-35-15-8-9-19(21(12-15)30(33)34)27-22(31)13-36-24-28-18-6-4-3-5-16(18)23(32)29(24)20-10-7-14(25)11-17(20)26/h3-12H,2,13H2,1H3,(H,27,31). The fraction of sp³-hybridized carbons (Fsp3) is 0.125. The lowest BCUT2D eigenvalue weighted by atomic mass is 10.2. The number of anilines is 1. The van der Waals surface area contributed by atoms with E-state index in [0.717, 1.165) is 28.5 Å². The van der Waals surface area contributed by atoms with Crippen LogP contribution >= 0.6 is 11.8 Å². The van der Waals surface area contributed by atoms with Crippen molar-refractivity contribution in [3.05, 3.63) is 92.8 Å². The number of thioether (sulfide) groups is 1. The summed E-state index contributed by atoms with van der Waals surface area (Å²) in [6, 6.07) is 13.2. The highest BCUT2D eigenvalue weighted by Gasteiger charge is 2.20. The summed E-state index contributed by atoms with van der Waals surface area (Å²) in [4.78, 5) is 41.0. The van der Waals surface area contributed by atoms with Crippen LogP contribution in [0, 0.1) is 21.7 Å². The van der Waals surface area contributed by atoms with E-state index in [1.54, 1.807) is 25.1 Å². The van der Waals surface area contributed by atoms with Gasteiger partial charge in [-0.1, -0.05) is 23.9 Å². The van der Waals surface area contributed by atoms with Crippen LogP contribution in [0.25, 0.3) is 16.6 Å². The van der Waals surface area contributed by atoms with Crippen molar-refractivity contribution in [3.63, 3.8) is 0 Å². The number of nitrogens with one attached hydrogen (secondary N) is 1. The number of benzene rings is 3. The maximum Gasteiger partial charge on any atom is 0.296 e. The maximum atomic E-state index is 14.6. The van der Waals surface area contributed by atoms with E-state index in [1.165, 1.54) is 24.3 Å². The number of carbonyl (C=O) groups excluding carboxylic acids is 1. The average molecular weight is 512 g/mol. The lowest BCUT2D eigenvalue weighted by molar-refractivity contribution is -0.384. The summed E-state index contributed by atoms with van der Waals surface area (Å²) in [6.45, 7) is 2.05. The van der Waals surface area contributed by atoms with Gasteiger partial charge in [0.15, 0.2) is 5.16 Å². The summed E-state index contributed by atoms with van der Waals surface area (Å²) in [5, 5.41) is 14.1. The SMILES string of the molecule is CCOc1ccc(NC(=O)CSc2nc3ccccc3c(=O)n2-c2ccc(F)cc2F)c([N+](=O)[O-])c1. The Morgan fingerprint density at radius 2 is 1.94 bits per heavy atom. The number of nitro benzene ring substituents is 1. The van der Waals surface area contributed by atoms with Crippen molar-refractivity contribution in [1.29, 1.82) is 0 Å². The largest absolute Gasteiger partial charge is 0.494 e. The van der Waals surface area contributed by atoms with E-state index in [1.807, 2.05) is 0 Å². The minimum atomic E-state index is -0.981. The summed E-state index contributed by atoms with van der Waals surface area (Å²) in [6.07, 6.45) is 0. The Kier molecular flexibility index (Phi) is 7.25. The van der Waals surface area contributed by atoms with Gasteiger partial charge in [-0.25, -0.2) is 13.8 Å². The predicted octanol–water partition coefficient (Wildman–Crippen LogP) is 4.70. The molecular weight excluding hydrogens is 494 g/mol. The number of amides is 1. The highest BCUT2D eigenvalue weighted by Crippen LogP contribution is 2.30. The van der Waals surface area contributed by atoms with Crippen LogP contribution in [-0.4, -0.2) is 32.7 Å². The molecule has 1 heterocycles. The molecule has 1 aromatic heterocycles. The van der Waals surface area contributed by atoms with Crippen molar-refractivity contribution in [2.45, 2.75) is 12.1 Å². The van der Waals surface area contributed by atoms with Crippen molar-refractivity contribution < 1.29 is 23.2 Å². The van der Waals surface area contributed by atoms with E-state index in [0.29, 0.717) is 18.2 Å². The number of nitrogens with zero attached hydrogens (tertiary/aromatic N) is 3. The highest BCUT2D eigenvalue weighted by atomic mass is 32.2. The first-order valence-electron chi connectivity index (χ1n) is 10.6. The maximum absolute atomic E-state index is 14.6. The van der Waals surface area contributed by atoms with Gasteiger partial charge >= 0.3 is 0 Å². The molecule has 0 radical (unpaired) electrons. The van der Waals surface area contributed by atoms with Gasteiger partial charge in [-0.3, -0.25) is 24.3 Å². The minimum Gasteiger partial charge on any atom is -0.494 e. The molecule has 4 aromatic rings. The Balaban J connectivity index is 1.65. The van der Waals surface area contributed by atoms with Crippen LogP contribution in [0.4, 0.5) is 20.2 Å². The number of carbonyl (C=O) groups is 1. The number of fused-ring (bicyclic) bond motifs is 1. The van der Waals surface area contributed by atoms with Crippen LogP contribution in [0.3, 0.4) is 0 Å². The fourth-order valence-electron chi connectivity index (χ4n) is 3.43. The third-order valence-corrected chi connectivity index (χ3v) is 5.92. The van der Waals surface area contributed by atoms with Crippen LogP contribution in [0.1, 0.15) is 6.92 Å². The number of rotatable bonds is 8. The average Bonchev–Trinajstić information content (AvgIpc) is 2.84. The molecule has 184 valence electrons. The zero-order valence-corrected chi connectivity index (χ0v) is 19.6. The number of hydrogen-bond acceptors (Lipinski definition) is 7. The summed E-state index contributed by atoms with van der Waals surface area (Å²) >= 11 is 0.822. The zero-order valence-electron chi connectivity index (χ0n) is 18.7. The van der Waals surface area contributed by atoms with Gasteiger partial charge in [0, 0.05) is 6.07 Å². The van der Waals surface area contributed by atoms with Gasteiger partial charge in [0.1, 0.15) is 23.1 Å². The minimum absolute atomic E-state index is 0.0134. The molecule has 3 aromatic carbocycles. The van der Waals surface area contributed by atoms with E-state index in [2.05, 4.69) is 10.3 Å². The number of aromatic nitrogens is 2. The molecule has 0 bridgehead atoms. The van der Waals surface area contributed by atoms with E-state index in [-0.39, 0.29) is 39.1 Å². The summed E-state index contributed by atoms with van der Waals surface area (Å²) in [5.41, 5.74) is -0.900. The molecule has 0 spiro atoms. The molecular formula is C24H18F2N4O5S. The Morgan fingerprint density at radius 1 is 1.17 bits per heavy atom. The molecule has 0 aliphatic rings. The van der Waals surface area contributed by atoms with Crippen LogP contribution < -0.4 is 15.6 Å². The molecule has 0 atom stereocenters. The van der Waals surface area contributed by atoms with Gasteiger partial charge in [-0.2, -0.15) is 0 Å². The Bertz CT molecular complexity index is 1540. The van der Waals surface area contributed by atoms with Gasteiger partial charge in [-0.15, -0.1) is 0 Å². The van der Waals surface area contributed by atoms with Crippen molar-refractivity contribution in [2.75, 3.05) is 17.7 Å². The topological polar surface area (TPSA) is 116 Å². The van der Waals surface area contributed by atoms with Crippen LogP contribution in [0.5, 0.6) is 5.75 Å². The number of para-hydroxylation sites is 1. The monoisotopic (exact) mass is 512 g/mol. The van der Waals surface area contributed by atoms with Gasteiger partial charge in [0.2, 0.25) is 5.91 Å². The molecule has 9 nitrogen and oxygen atoms in total. The van der Waals surface area contributed by atoms with E-state index in [9.17, 15) is 28.5 Å². The molecule has 0 fully saturated rings. The van der Waals surface area contributed by atoms with Crippen LogP contribution in [0.2, 0.25) is 0 Å². The van der Waals surface area contributed by atoms with Crippen LogP contribution in [0.15, 0.2) is 70.6 Å². The summed E-state index contributed by atoms with van der Waals surface area (Å²) < 4.78 is 34.3. The van der Waals surface area contributed by atoms with Crippen molar-refractivity contribution in [3.8, 4) is 11.4 Å². The molecule has 0 aliphatic carbocycles. The molecule has 0 unspecified atom stereocenters. The normalized spacial score (nSPS) is 10.9. The van der Waals surface area contributed by atoms with Crippen molar-refractivity contribution in [2.24, 2.45) is 0 Å². The second-order valence-electron chi connectivity index (χ2n) is 7.35. The number of halogens is 2. The highest BCUT2D eigenvalue weighted by molar-refractivity contribution is 7.99. The molecule has 0 saturated carbocycles. The fourth-order valence-corrected chi connectivity index (χ4v) is 4.23. The molecule has 12 heteroatoms. The first-order valence-corrected chi connectivity index (χ1v) is 11.6. The van der Waals surface area contributed by atoms with Crippen LogP contribution in [-0.2, 0) is 4.79 Å². The van der Waals surface area contributed by atoms with Gasteiger partial charge < -0.3 is 10.1 Å². The molecule has 1 N–H and O–H groups in total. The molecule has 0 aliphatic heterocycles. The lowest BCUT2D eigenvalue weighted by Crippen LogP contribution is -2.24. The van der Waals surface area contributed by atoms with Gasteiger partial charge in [-0.05, 0) is 43.3 Å². The number of hydrogen-bond donors (Lipinski definition) is 1.